The van der Waals surface area contributed by atoms with Gasteiger partial charge in [0.15, 0.2) is 5.69 Å². The van der Waals surface area contributed by atoms with E-state index in [4.69, 9.17) is 34.8 Å². The fourth-order valence-electron chi connectivity index (χ4n) is 2.06. The highest BCUT2D eigenvalue weighted by Gasteiger charge is 2.23. The van der Waals surface area contributed by atoms with Gasteiger partial charge in [0.05, 0.1) is 16.9 Å². The number of halogens is 3. The van der Waals surface area contributed by atoms with Gasteiger partial charge in [-0.1, -0.05) is 52.1 Å². The van der Waals surface area contributed by atoms with Gasteiger partial charge in [0, 0.05) is 10.0 Å². The number of carbonyl (C=O) groups is 1. The van der Waals surface area contributed by atoms with Gasteiger partial charge in [-0.25, -0.2) is 17.8 Å². The highest BCUT2D eigenvalue weighted by Crippen LogP contribution is 2.22. The second-order valence-corrected chi connectivity index (χ2v) is 7.97. The molecule has 0 radical (unpaired) electrons. The molecular formula is C15H9Cl3N4O3S. The summed E-state index contributed by atoms with van der Waals surface area (Å²) in [6.45, 7) is 0. The maximum absolute atomic E-state index is 12.3. The molecule has 134 valence electrons. The predicted molar refractivity (Wildman–Crippen MR) is 97.5 cm³/mol. The number of sulfonamides is 1. The number of hydrogen-bond donors (Lipinski definition) is 1. The lowest BCUT2D eigenvalue weighted by molar-refractivity contribution is 0.0976. The number of rotatable bonds is 4. The molecule has 1 N–H and O–H groups in total. The van der Waals surface area contributed by atoms with Crippen molar-refractivity contribution in [2.45, 2.75) is 4.90 Å². The molecule has 1 heterocycles. The summed E-state index contributed by atoms with van der Waals surface area (Å²) in [6.07, 6.45) is 1.25. The van der Waals surface area contributed by atoms with Crippen LogP contribution < -0.4 is 4.72 Å². The molecule has 0 atom stereocenters. The van der Waals surface area contributed by atoms with Gasteiger partial charge in [-0.15, -0.1) is 5.10 Å². The van der Waals surface area contributed by atoms with E-state index in [1.54, 1.807) is 18.2 Å². The summed E-state index contributed by atoms with van der Waals surface area (Å²) in [5.41, 5.74) is 0.250. The second kappa shape index (κ2) is 7.24. The van der Waals surface area contributed by atoms with Gasteiger partial charge in [-0.2, -0.15) is 0 Å². The summed E-state index contributed by atoms with van der Waals surface area (Å²) in [6, 6.07) is 10.4. The van der Waals surface area contributed by atoms with Crippen LogP contribution >= 0.6 is 34.8 Å². The fourth-order valence-corrected chi connectivity index (χ4v) is 4.05. The lowest BCUT2D eigenvalue weighted by Crippen LogP contribution is -2.31. The number of nitrogens with zero attached hydrogens (tertiary/aromatic N) is 3. The Morgan fingerprint density at radius 2 is 1.69 bits per heavy atom. The van der Waals surface area contributed by atoms with Crippen molar-refractivity contribution in [2.24, 2.45) is 0 Å². The maximum Gasteiger partial charge on any atom is 0.287 e. The molecule has 7 nitrogen and oxygen atoms in total. The second-order valence-electron chi connectivity index (χ2n) is 5.04. The minimum absolute atomic E-state index is 0.00924. The van der Waals surface area contributed by atoms with E-state index in [-0.39, 0.29) is 15.6 Å². The first-order chi connectivity index (χ1) is 12.3. The fraction of sp³-hybridized carbons (Fsp3) is 0. The van der Waals surface area contributed by atoms with Crippen LogP contribution in [0.5, 0.6) is 0 Å². The molecule has 11 heteroatoms. The van der Waals surface area contributed by atoms with Gasteiger partial charge < -0.3 is 0 Å². The van der Waals surface area contributed by atoms with E-state index in [0.29, 0.717) is 15.7 Å². The molecule has 0 aliphatic rings. The van der Waals surface area contributed by atoms with E-state index in [1.807, 2.05) is 4.72 Å². The van der Waals surface area contributed by atoms with Crippen molar-refractivity contribution in [1.82, 2.24) is 19.7 Å². The highest BCUT2D eigenvalue weighted by molar-refractivity contribution is 7.90. The molecule has 0 saturated carbocycles. The first-order valence-corrected chi connectivity index (χ1v) is 9.58. The zero-order chi connectivity index (χ0) is 18.9. The van der Waals surface area contributed by atoms with Crippen LogP contribution in [0, 0.1) is 0 Å². The summed E-state index contributed by atoms with van der Waals surface area (Å²) < 4.78 is 27.7. The van der Waals surface area contributed by atoms with Crippen molar-refractivity contribution in [3.05, 3.63) is 69.4 Å². The standard InChI is InChI=1S/C15H9Cl3N4O3S/c16-9-5-10(17)7-11(6-9)22-8-13(19-21-22)15(23)20-26(24,25)14-4-2-1-3-12(14)18/h1-8H,(H,20,23). The van der Waals surface area contributed by atoms with Crippen LogP contribution in [0.25, 0.3) is 5.69 Å². The monoisotopic (exact) mass is 430 g/mol. The van der Waals surface area contributed by atoms with Gasteiger partial charge >= 0.3 is 0 Å². The smallest absolute Gasteiger partial charge is 0.266 e. The average molecular weight is 432 g/mol. The van der Waals surface area contributed by atoms with Gasteiger partial charge in [0.1, 0.15) is 4.90 Å². The van der Waals surface area contributed by atoms with Crippen LogP contribution in [-0.4, -0.2) is 29.3 Å². The average Bonchev–Trinajstić information content (AvgIpc) is 3.04. The van der Waals surface area contributed by atoms with Crippen molar-refractivity contribution < 1.29 is 13.2 Å². The summed E-state index contributed by atoms with van der Waals surface area (Å²) in [5.74, 6) is -0.954. The molecule has 26 heavy (non-hydrogen) atoms. The van der Waals surface area contributed by atoms with E-state index in [2.05, 4.69) is 10.3 Å². The number of amides is 1. The lowest BCUT2D eigenvalue weighted by Gasteiger charge is -2.06. The number of nitrogens with one attached hydrogen (secondary N) is 1. The first-order valence-electron chi connectivity index (χ1n) is 6.97. The molecule has 3 rings (SSSR count). The summed E-state index contributed by atoms with van der Waals surface area (Å²) >= 11 is 17.7. The van der Waals surface area contributed by atoms with E-state index < -0.39 is 15.9 Å². The molecule has 0 unspecified atom stereocenters. The molecule has 0 fully saturated rings. The predicted octanol–water partition coefficient (Wildman–Crippen LogP) is 3.35. The van der Waals surface area contributed by atoms with Gasteiger partial charge in [0.25, 0.3) is 15.9 Å². The van der Waals surface area contributed by atoms with Crippen LogP contribution in [0.2, 0.25) is 15.1 Å². The maximum atomic E-state index is 12.3. The van der Waals surface area contributed by atoms with Crippen LogP contribution in [0.4, 0.5) is 0 Å². The minimum Gasteiger partial charge on any atom is -0.266 e. The Hall–Kier alpha value is -2.13. The summed E-state index contributed by atoms with van der Waals surface area (Å²) in [7, 11) is -4.16. The lowest BCUT2D eigenvalue weighted by atomic mass is 10.3. The Balaban J connectivity index is 1.86. The Morgan fingerprint density at radius 3 is 2.35 bits per heavy atom. The van der Waals surface area contributed by atoms with Crippen molar-refractivity contribution in [3.8, 4) is 5.69 Å². The Morgan fingerprint density at radius 1 is 1.04 bits per heavy atom. The van der Waals surface area contributed by atoms with E-state index in [1.165, 1.54) is 35.1 Å². The molecule has 0 saturated heterocycles. The van der Waals surface area contributed by atoms with Crippen molar-refractivity contribution in [1.29, 1.82) is 0 Å². The number of carbonyl (C=O) groups excluding carboxylic acids is 1. The topological polar surface area (TPSA) is 94.0 Å². The molecule has 0 aliphatic carbocycles. The van der Waals surface area contributed by atoms with Crippen LogP contribution in [0.15, 0.2) is 53.6 Å². The minimum atomic E-state index is -4.16. The van der Waals surface area contributed by atoms with E-state index >= 15 is 0 Å². The third kappa shape index (κ3) is 3.99. The normalized spacial score (nSPS) is 11.3. The quantitative estimate of drug-likeness (QED) is 0.684. The Labute approximate surface area is 163 Å². The molecular weight excluding hydrogens is 423 g/mol. The largest absolute Gasteiger partial charge is 0.287 e. The first kappa shape index (κ1) is 18.7. The zero-order valence-electron chi connectivity index (χ0n) is 12.7. The summed E-state index contributed by atoms with van der Waals surface area (Å²) in [5, 5.41) is 8.18. The number of benzene rings is 2. The van der Waals surface area contributed by atoms with E-state index in [9.17, 15) is 13.2 Å². The number of hydrogen-bond acceptors (Lipinski definition) is 5. The molecule has 1 amide bonds. The van der Waals surface area contributed by atoms with Crippen LogP contribution in [0.1, 0.15) is 10.5 Å². The summed E-state index contributed by atoms with van der Waals surface area (Å²) in [4.78, 5) is 12.0. The molecule has 3 aromatic rings. The van der Waals surface area contributed by atoms with Gasteiger partial charge in [-0.3, -0.25) is 4.79 Å². The van der Waals surface area contributed by atoms with Crippen molar-refractivity contribution in [2.75, 3.05) is 0 Å². The third-order valence-electron chi connectivity index (χ3n) is 3.19. The number of aromatic nitrogens is 3. The zero-order valence-corrected chi connectivity index (χ0v) is 15.8. The molecule has 2 aromatic carbocycles. The van der Waals surface area contributed by atoms with Crippen molar-refractivity contribution >= 4 is 50.7 Å². The highest BCUT2D eigenvalue weighted by atomic mass is 35.5. The van der Waals surface area contributed by atoms with Gasteiger partial charge in [-0.05, 0) is 30.3 Å². The molecule has 1 aromatic heterocycles. The molecule has 0 bridgehead atoms. The molecule has 0 spiro atoms. The van der Waals surface area contributed by atoms with Gasteiger partial charge in [0.2, 0.25) is 0 Å². The Bertz CT molecular complexity index is 1080. The third-order valence-corrected chi connectivity index (χ3v) is 5.46. The van der Waals surface area contributed by atoms with E-state index in [0.717, 1.165) is 0 Å². The van der Waals surface area contributed by atoms with Crippen LogP contribution in [-0.2, 0) is 10.0 Å². The van der Waals surface area contributed by atoms with Crippen LogP contribution in [0.3, 0.4) is 0 Å². The Kier molecular flexibility index (Phi) is 5.19. The SMILES string of the molecule is O=C(NS(=O)(=O)c1ccccc1Cl)c1cn(-c2cc(Cl)cc(Cl)c2)nn1. The molecule has 0 aliphatic heterocycles. The van der Waals surface area contributed by atoms with Crippen molar-refractivity contribution in [3.63, 3.8) is 0 Å².